The van der Waals surface area contributed by atoms with Crippen molar-refractivity contribution < 1.29 is 9.84 Å². The Morgan fingerprint density at radius 2 is 2.11 bits per heavy atom. The third kappa shape index (κ3) is 3.78. The number of hydrogen-bond acceptors (Lipinski definition) is 4. The smallest absolute Gasteiger partial charge is 0.122 e. The first-order valence-corrected chi connectivity index (χ1v) is 7.18. The third-order valence-corrected chi connectivity index (χ3v) is 4.05. The number of aliphatic hydroxyl groups is 1. The molecule has 1 unspecified atom stereocenters. The predicted molar refractivity (Wildman–Crippen MR) is 77.8 cm³/mol. The lowest BCUT2D eigenvalue weighted by Gasteiger charge is -2.15. The lowest BCUT2D eigenvalue weighted by molar-refractivity contribution is 0.224. The van der Waals surface area contributed by atoms with E-state index in [0.717, 1.165) is 29.2 Å². The zero-order valence-corrected chi connectivity index (χ0v) is 12.1. The predicted octanol–water partition coefficient (Wildman–Crippen LogP) is 2.85. The summed E-state index contributed by atoms with van der Waals surface area (Å²) in [6.07, 6.45) is 3.59. The molecule has 3 nitrogen and oxygen atoms in total. The van der Waals surface area contributed by atoms with Gasteiger partial charge in [0.1, 0.15) is 5.75 Å². The van der Waals surface area contributed by atoms with Crippen molar-refractivity contribution in [3.05, 3.63) is 45.9 Å². The van der Waals surface area contributed by atoms with Gasteiger partial charge in [-0.15, -0.1) is 11.3 Å². The highest BCUT2D eigenvalue weighted by Crippen LogP contribution is 2.24. The summed E-state index contributed by atoms with van der Waals surface area (Å²) in [6.45, 7) is 2.18. The van der Waals surface area contributed by atoms with Crippen LogP contribution in [0.2, 0.25) is 0 Å². The number of methoxy groups -OCH3 is 1. The van der Waals surface area contributed by atoms with Crippen molar-refractivity contribution in [3.8, 4) is 5.75 Å². The van der Waals surface area contributed by atoms with Crippen LogP contribution in [0.15, 0.2) is 30.5 Å². The normalized spacial score (nSPS) is 12.4. The summed E-state index contributed by atoms with van der Waals surface area (Å²) in [5, 5.41) is 10.6. The van der Waals surface area contributed by atoms with Crippen molar-refractivity contribution in [2.75, 3.05) is 13.7 Å². The van der Waals surface area contributed by atoms with Gasteiger partial charge in [-0.2, -0.15) is 0 Å². The minimum Gasteiger partial charge on any atom is -0.496 e. The van der Waals surface area contributed by atoms with Gasteiger partial charge >= 0.3 is 0 Å². The molecule has 1 N–H and O–H groups in total. The Bertz CT molecular complexity index is 524. The molecule has 2 rings (SSSR count). The van der Waals surface area contributed by atoms with E-state index in [9.17, 15) is 5.11 Å². The quantitative estimate of drug-likeness (QED) is 0.883. The van der Waals surface area contributed by atoms with Gasteiger partial charge in [-0.1, -0.05) is 18.2 Å². The highest BCUT2D eigenvalue weighted by atomic mass is 32.1. The molecule has 0 aliphatic rings. The number of para-hydroxylation sites is 1. The monoisotopic (exact) mass is 277 g/mol. The lowest BCUT2D eigenvalue weighted by Crippen LogP contribution is -2.13. The molecular formula is C15H19NO2S. The molecule has 0 aliphatic heterocycles. The first-order valence-electron chi connectivity index (χ1n) is 6.37. The van der Waals surface area contributed by atoms with Crippen LogP contribution in [0.4, 0.5) is 0 Å². The van der Waals surface area contributed by atoms with E-state index in [4.69, 9.17) is 4.74 Å². The standard InChI is InChI=1S/C15H19NO2S/c1-11-16-9-14(19-11)8-12(10-17)7-13-5-3-4-6-15(13)18-2/h3-6,9,12,17H,7-8,10H2,1-2H3. The number of rotatable bonds is 6. The van der Waals surface area contributed by atoms with E-state index in [-0.39, 0.29) is 12.5 Å². The number of ether oxygens (including phenoxy) is 1. The summed E-state index contributed by atoms with van der Waals surface area (Å²) in [4.78, 5) is 5.49. The molecule has 4 heteroatoms. The number of aryl methyl sites for hydroxylation is 1. The number of aliphatic hydroxyl groups excluding tert-OH is 1. The molecule has 0 radical (unpaired) electrons. The van der Waals surface area contributed by atoms with E-state index in [1.54, 1.807) is 18.4 Å². The zero-order chi connectivity index (χ0) is 13.7. The Morgan fingerprint density at radius 3 is 2.74 bits per heavy atom. The molecular weight excluding hydrogens is 258 g/mol. The molecule has 0 saturated heterocycles. The number of thiazole rings is 1. The fourth-order valence-corrected chi connectivity index (χ4v) is 3.08. The van der Waals surface area contributed by atoms with Gasteiger partial charge in [0.05, 0.1) is 12.1 Å². The maximum absolute atomic E-state index is 9.56. The summed E-state index contributed by atoms with van der Waals surface area (Å²) in [7, 11) is 1.68. The molecule has 1 aromatic carbocycles. The van der Waals surface area contributed by atoms with Gasteiger partial charge in [-0.3, -0.25) is 0 Å². The first-order chi connectivity index (χ1) is 9.22. The average Bonchev–Trinajstić information content (AvgIpc) is 2.84. The summed E-state index contributed by atoms with van der Waals surface area (Å²) in [6, 6.07) is 7.98. The largest absolute Gasteiger partial charge is 0.496 e. The zero-order valence-electron chi connectivity index (χ0n) is 11.3. The highest BCUT2D eigenvalue weighted by Gasteiger charge is 2.13. The van der Waals surface area contributed by atoms with E-state index in [0.29, 0.717) is 0 Å². The molecule has 1 atom stereocenters. The Kier molecular flexibility index (Phi) is 4.93. The van der Waals surface area contributed by atoms with E-state index < -0.39 is 0 Å². The molecule has 0 fully saturated rings. The van der Waals surface area contributed by atoms with Gasteiger partial charge in [0.2, 0.25) is 0 Å². The fourth-order valence-electron chi connectivity index (χ4n) is 2.17. The van der Waals surface area contributed by atoms with Crippen molar-refractivity contribution in [2.45, 2.75) is 19.8 Å². The molecule has 0 aliphatic carbocycles. The summed E-state index contributed by atoms with van der Waals surface area (Å²) >= 11 is 1.70. The van der Waals surface area contributed by atoms with Crippen molar-refractivity contribution in [3.63, 3.8) is 0 Å². The molecule has 0 saturated carbocycles. The number of nitrogens with zero attached hydrogens (tertiary/aromatic N) is 1. The van der Waals surface area contributed by atoms with Crippen LogP contribution >= 0.6 is 11.3 Å². The van der Waals surface area contributed by atoms with Crippen LogP contribution in [0.1, 0.15) is 15.4 Å². The third-order valence-electron chi connectivity index (χ3n) is 3.12. The lowest BCUT2D eigenvalue weighted by atomic mass is 9.96. The van der Waals surface area contributed by atoms with Crippen LogP contribution < -0.4 is 4.74 Å². The van der Waals surface area contributed by atoms with Gasteiger partial charge < -0.3 is 9.84 Å². The minimum atomic E-state index is 0.176. The van der Waals surface area contributed by atoms with E-state index in [1.807, 2.05) is 31.3 Å². The maximum atomic E-state index is 9.56. The number of aromatic nitrogens is 1. The number of hydrogen-bond donors (Lipinski definition) is 1. The van der Waals surface area contributed by atoms with Crippen LogP contribution in [0, 0.1) is 12.8 Å². The molecule has 2 aromatic rings. The molecule has 0 bridgehead atoms. The van der Waals surface area contributed by atoms with Crippen molar-refractivity contribution in [2.24, 2.45) is 5.92 Å². The van der Waals surface area contributed by atoms with Crippen molar-refractivity contribution in [1.29, 1.82) is 0 Å². The van der Waals surface area contributed by atoms with E-state index in [2.05, 4.69) is 11.1 Å². The molecule has 19 heavy (non-hydrogen) atoms. The van der Waals surface area contributed by atoms with E-state index in [1.165, 1.54) is 4.88 Å². The second kappa shape index (κ2) is 6.68. The van der Waals surface area contributed by atoms with Gasteiger partial charge in [0, 0.05) is 17.7 Å². The second-order valence-corrected chi connectivity index (χ2v) is 5.93. The van der Waals surface area contributed by atoms with Crippen LogP contribution in [-0.4, -0.2) is 23.8 Å². The van der Waals surface area contributed by atoms with Gasteiger partial charge in [0.25, 0.3) is 0 Å². The Labute approximate surface area is 117 Å². The topological polar surface area (TPSA) is 42.4 Å². The van der Waals surface area contributed by atoms with Crippen LogP contribution in [0.25, 0.3) is 0 Å². The highest BCUT2D eigenvalue weighted by molar-refractivity contribution is 7.11. The molecule has 102 valence electrons. The van der Waals surface area contributed by atoms with Gasteiger partial charge in [-0.05, 0) is 37.3 Å². The molecule has 1 heterocycles. The molecule has 0 amide bonds. The van der Waals surface area contributed by atoms with Gasteiger partial charge in [-0.25, -0.2) is 4.98 Å². The Balaban J connectivity index is 2.06. The maximum Gasteiger partial charge on any atom is 0.122 e. The van der Waals surface area contributed by atoms with Crippen LogP contribution in [0.3, 0.4) is 0 Å². The Morgan fingerprint density at radius 1 is 1.32 bits per heavy atom. The molecule has 1 aromatic heterocycles. The summed E-state index contributed by atoms with van der Waals surface area (Å²) < 4.78 is 5.35. The Hall–Kier alpha value is -1.39. The van der Waals surface area contributed by atoms with Crippen molar-refractivity contribution in [1.82, 2.24) is 4.98 Å². The van der Waals surface area contributed by atoms with Crippen LogP contribution in [-0.2, 0) is 12.8 Å². The van der Waals surface area contributed by atoms with Crippen LogP contribution in [0.5, 0.6) is 5.75 Å². The first kappa shape index (κ1) is 14.0. The fraction of sp³-hybridized carbons (Fsp3) is 0.400. The van der Waals surface area contributed by atoms with Crippen molar-refractivity contribution >= 4 is 11.3 Å². The molecule has 0 spiro atoms. The second-order valence-electron chi connectivity index (χ2n) is 4.61. The summed E-state index contributed by atoms with van der Waals surface area (Å²) in [5.41, 5.74) is 1.14. The minimum absolute atomic E-state index is 0.176. The van der Waals surface area contributed by atoms with E-state index >= 15 is 0 Å². The van der Waals surface area contributed by atoms with Gasteiger partial charge in [0.15, 0.2) is 0 Å². The average molecular weight is 277 g/mol. The number of benzene rings is 1. The SMILES string of the molecule is COc1ccccc1CC(CO)Cc1cnc(C)s1. The summed E-state index contributed by atoms with van der Waals surface area (Å²) in [5.74, 6) is 1.09.